The molecule has 1 saturated heterocycles. The second-order valence-corrected chi connectivity index (χ2v) is 7.95. The number of ether oxygens (including phenoxy) is 1. The number of amides is 1. The molecule has 1 aromatic heterocycles. The van der Waals surface area contributed by atoms with Crippen LogP contribution in [0.3, 0.4) is 0 Å². The molecule has 1 fully saturated rings. The summed E-state index contributed by atoms with van der Waals surface area (Å²) in [6.45, 7) is 6.23. The Bertz CT molecular complexity index is 766. The van der Waals surface area contributed by atoms with Crippen molar-refractivity contribution >= 4 is 38.7 Å². The Labute approximate surface area is 149 Å². The van der Waals surface area contributed by atoms with Gasteiger partial charge in [0, 0.05) is 13.1 Å². The second kappa shape index (κ2) is 6.51. The van der Waals surface area contributed by atoms with E-state index < -0.39 is 23.7 Å². The molecule has 0 spiro atoms. The number of carboxylic acids is 1. The fourth-order valence-electron chi connectivity index (χ4n) is 2.70. The molecule has 0 bridgehead atoms. The fourth-order valence-corrected chi connectivity index (χ4v) is 3.74. The van der Waals surface area contributed by atoms with E-state index in [2.05, 4.69) is 4.98 Å². The molecule has 2 heterocycles. The lowest BCUT2D eigenvalue weighted by Gasteiger charge is -2.39. The first-order valence-corrected chi connectivity index (χ1v) is 8.89. The van der Waals surface area contributed by atoms with E-state index in [-0.39, 0.29) is 6.54 Å². The van der Waals surface area contributed by atoms with Gasteiger partial charge in [0.25, 0.3) is 0 Å². The van der Waals surface area contributed by atoms with Gasteiger partial charge in [0.1, 0.15) is 11.6 Å². The first-order chi connectivity index (χ1) is 11.7. The van der Waals surface area contributed by atoms with Crippen LogP contribution in [0.5, 0.6) is 0 Å². The molecule has 25 heavy (non-hydrogen) atoms. The summed E-state index contributed by atoms with van der Waals surface area (Å²) in [6, 6.07) is 6.85. The lowest BCUT2D eigenvalue weighted by molar-refractivity contribution is -0.139. The van der Waals surface area contributed by atoms with E-state index >= 15 is 0 Å². The van der Waals surface area contributed by atoms with E-state index in [9.17, 15) is 14.7 Å². The van der Waals surface area contributed by atoms with Crippen molar-refractivity contribution < 1.29 is 19.4 Å². The molecule has 1 aromatic carbocycles. The number of aliphatic carboxylic acids is 1. The number of para-hydroxylation sites is 1. The zero-order valence-electron chi connectivity index (χ0n) is 14.4. The van der Waals surface area contributed by atoms with Crippen molar-refractivity contribution in [2.45, 2.75) is 32.4 Å². The topological polar surface area (TPSA) is 83.0 Å². The lowest BCUT2D eigenvalue weighted by Crippen LogP contribution is -2.58. The maximum Gasteiger partial charge on any atom is 0.410 e. The Morgan fingerprint density at radius 2 is 2.00 bits per heavy atom. The molecule has 1 aliphatic heterocycles. The third-order valence-electron chi connectivity index (χ3n) is 3.85. The largest absolute Gasteiger partial charge is 0.480 e. The number of hydrogen-bond acceptors (Lipinski definition) is 6. The molecule has 0 radical (unpaired) electrons. The van der Waals surface area contributed by atoms with Crippen LogP contribution in [-0.2, 0) is 9.53 Å². The summed E-state index contributed by atoms with van der Waals surface area (Å²) in [7, 11) is 0. The number of fused-ring (bicyclic) bond motifs is 1. The second-order valence-electron chi connectivity index (χ2n) is 6.94. The standard InChI is InChI=1S/C17H21N3O4S/c1-17(2,3)24-16(23)19-8-9-20(12(10-19)14(21)22)15-18-11-6-4-5-7-13(11)25-15/h4-7,12H,8-10H2,1-3H3,(H,21,22)/t12-/m1/s1. The van der Waals surface area contributed by atoms with Gasteiger partial charge in [-0.25, -0.2) is 14.6 Å². The van der Waals surface area contributed by atoms with Gasteiger partial charge in [-0.3, -0.25) is 0 Å². The van der Waals surface area contributed by atoms with Crippen LogP contribution < -0.4 is 4.90 Å². The van der Waals surface area contributed by atoms with Crippen molar-refractivity contribution in [3.63, 3.8) is 0 Å². The number of carbonyl (C=O) groups excluding carboxylic acids is 1. The smallest absolute Gasteiger partial charge is 0.410 e. The first-order valence-electron chi connectivity index (χ1n) is 8.07. The Morgan fingerprint density at radius 1 is 1.28 bits per heavy atom. The molecular formula is C17H21N3O4S. The number of carbonyl (C=O) groups is 2. The molecule has 8 heteroatoms. The van der Waals surface area contributed by atoms with Gasteiger partial charge < -0.3 is 19.6 Å². The van der Waals surface area contributed by atoms with Gasteiger partial charge in [-0.15, -0.1) is 0 Å². The zero-order chi connectivity index (χ0) is 18.2. The highest BCUT2D eigenvalue weighted by Gasteiger charge is 2.37. The number of thiazole rings is 1. The van der Waals surface area contributed by atoms with Gasteiger partial charge in [-0.05, 0) is 32.9 Å². The SMILES string of the molecule is CC(C)(C)OC(=O)N1CCN(c2nc3ccccc3s2)[C@@H](C(=O)O)C1. The van der Waals surface area contributed by atoms with Gasteiger partial charge >= 0.3 is 12.1 Å². The summed E-state index contributed by atoms with van der Waals surface area (Å²) in [5, 5.41) is 10.3. The zero-order valence-corrected chi connectivity index (χ0v) is 15.2. The van der Waals surface area contributed by atoms with Crippen LogP contribution >= 0.6 is 11.3 Å². The maximum absolute atomic E-state index is 12.2. The summed E-state index contributed by atoms with van der Waals surface area (Å²) >= 11 is 1.46. The minimum atomic E-state index is -0.979. The fraction of sp³-hybridized carbons (Fsp3) is 0.471. The van der Waals surface area contributed by atoms with Crippen LogP contribution in [0.15, 0.2) is 24.3 Å². The summed E-state index contributed by atoms with van der Waals surface area (Å²) in [4.78, 5) is 31.8. The summed E-state index contributed by atoms with van der Waals surface area (Å²) in [5.41, 5.74) is 0.237. The summed E-state index contributed by atoms with van der Waals surface area (Å²) in [6.07, 6.45) is -0.484. The van der Waals surface area contributed by atoms with E-state index in [1.807, 2.05) is 24.3 Å². The van der Waals surface area contributed by atoms with E-state index in [0.717, 1.165) is 10.2 Å². The van der Waals surface area contributed by atoms with Crippen molar-refractivity contribution in [2.24, 2.45) is 0 Å². The highest BCUT2D eigenvalue weighted by molar-refractivity contribution is 7.22. The third kappa shape index (κ3) is 3.84. The Kier molecular flexibility index (Phi) is 4.55. The molecule has 2 aromatic rings. The molecular weight excluding hydrogens is 342 g/mol. The van der Waals surface area contributed by atoms with Crippen LogP contribution in [0.2, 0.25) is 0 Å². The highest BCUT2D eigenvalue weighted by atomic mass is 32.1. The highest BCUT2D eigenvalue weighted by Crippen LogP contribution is 2.31. The lowest BCUT2D eigenvalue weighted by atomic mass is 10.2. The van der Waals surface area contributed by atoms with Crippen molar-refractivity contribution in [2.75, 3.05) is 24.5 Å². The normalized spacial score (nSPS) is 18.4. The molecule has 1 N–H and O–H groups in total. The van der Waals surface area contributed by atoms with Crippen LogP contribution in [0, 0.1) is 0 Å². The minimum Gasteiger partial charge on any atom is -0.480 e. The van der Waals surface area contributed by atoms with Crippen molar-refractivity contribution in [1.82, 2.24) is 9.88 Å². The quantitative estimate of drug-likeness (QED) is 0.883. The van der Waals surface area contributed by atoms with Gasteiger partial charge in [-0.1, -0.05) is 23.5 Å². The molecule has 0 saturated carbocycles. The van der Waals surface area contributed by atoms with Crippen molar-refractivity contribution in [3.8, 4) is 0 Å². The van der Waals surface area contributed by atoms with E-state index in [1.54, 1.807) is 25.7 Å². The average Bonchev–Trinajstić information content (AvgIpc) is 2.96. The van der Waals surface area contributed by atoms with E-state index in [1.165, 1.54) is 16.2 Å². The van der Waals surface area contributed by atoms with Gasteiger partial charge in [0.15, 0.2) is 5.13 Å². The maximum atomic E-state index is 12.2. The number of rotatable bonds is 2. The Hall–Kier alpha value is -2.35. The van der Waals surface area contributed by atoms with Crippen LogP contribution in [0.25, 0.3) is 10.2 Å². The van der Waals surface area contributed by atoms with E-state index in [4.69, 9.17) is 4.74 Å². The number of anilines is 1. The molecule has 1 atom stereocenters. The van der Waals surface area contributed by atoms with Gasteiger partial charge in [-0.2, -0.15) is 0 Å². The van der Waals surface area contributed by atoms with Crippen LogP contribution in [0.4, 0.5) is 9.93 Å². The predicted molar refractivity (Wildman–Crippen MR) is 96.2 cm³/mol. The number of nitrogens with zero attached hydrogens (tertiary/aromatic N) is 3. The van der Waals surface area contributed by atoms with E-state index in [0.29, 0.717) is 18.2 Å². The molecule has 0 unspecified atom stereocenters. The van der Waals surface area contributed by atoms with Crippen molar-refractivity contribution in [3.05, 3.63) is 24.3 Å². The van der Waals surface area contributed by atoms with Crippen LogP contribution in [-0.4, -0.2) is 58.3 Å². The number of carboxylic acid groups (broad SMARTS) is 1. The third-order valence-corrected chi connectivity index (χ3v) is 4.92. The molecule has 7 nitrogen and oxygen atoms in total. The number of aromatic nitrogens is 1. The summed E-state index contributed by atoms with van der Waals surface area (Å²) in [5.74, 6) is -0.979. The first kappa shape index (κ1) is 17.5. The molecule has 1 aliphatic rings. The molecule has 3 rings (SSSR count). The molecule has 1 amide bonds. The molecule has 0 aliphatic carbocycles. The predicted octanol–water partition coefficient (Wildman–Crippen LogP) is 2.81. The molecule has 134 valence electrons. The Balaban J connectivity index is 1.80. The summed E-state index contributed by atoms with van der Waals surface area (Å²) < 4.78 is 6.37. The van der Waals surface area contributed by atoms with Gasteiger partial charge in [0.05, 0.1) is 16.8 Å². The number of benzene rings is 1. The number of piperazine rings is 1. The Morgan fingerprint density at radius 3 is 2.64 bits per heavy atom. The monoisotopic (exact) mass is 363 g/mol. The van der Waals surface area contributed by atoms with Crippen LogP contribution in [0.1, 0.15) is 20.8 Å². The minimum absolute atomic E-state index is 0.0696. The van der Waals surface area contributed by atoms with Gasteiger partial charge in [0.2, 0.25) is 0 Å². The average molecular weight is 363 g/mol. The van der Waals surface area contributed by atoms with Crippen molar-refractivity contribution in [1.29, 1.82) is 0 Å². The number of hydrogen-bond donors (Lipinski definition) is 1.